The van der Waals surface area contributed by atoms with Crippen molar-refractivity contribution in [1.82, 2.24) is 10.3 Å². The van der Waals surface area contributed by atoms with E-state index in [2.05, 4.69) is 10.3 Å². The average Bonchev–Trinajstić information content (AvgIpc) is 3.34. The molecule has 1 amide bonds. The summed E-state index contributed by atoms with van der Waals surface area (Å²) in [6, 6.07) is 9.53. The molecule has 0 aliphatic carbocycles. The number of nitrogens with zero attached hydrogens (tertiary/aromatic N) is 1. The van der Waals surface area contributed by atoms with Crippen LogP contribution in [0.15, 0.2) is 40.1 Å². The number of aryl methyl sites for hydroxylation is 1. The number of benzene rings is 1. The van der Waals surface area contributed by atoms with E-state index in [1.807, 2.05) is 37.3 Å². The zero-order chi connectivity index (χ0) is 17.2. The van der Waals surface area contributed by atoms with E-state index >= 15 is 0 Å². The molecule has 0 unspecified atom stereocenters. The first-order valence-corrected chi connectivity index (χ1v) is 8.76. The standard InChI is InChI=1S/C18H16N2O4S/c1-11-2-4-15(24-11)18-20-13(9-25-18)17(21)19-7-6-12-3-5-14-16(8-12)23-10-22-14/h2-5,8-9H,6-7,10H2,1H3,(H,19,21). The van der Waals surface area contributed by atoms with Crippen molar-refractivity contribution in [2.75, 3.05) is 13.3 Å². The highest BCUT2D eigenvalue weighted by molar-refractivity contribution is 7.13. The molecule has 0 bridgehead atoms. The molecule has 25 heavy (non-hydrogen) atoms. The van der Waals surface area contributed by atoms with Crippen LogP contribution in [-0.4, -0.2) is 24.2 Å². The highest BCUT2D eigenvalue weighted by Gasteiger charge is 2.15. The Kier molecular flexibility index (Phi) is 4.15. The fourth-order valence-corrected chi connectivity index (χ4v) is 3.31. The van der Waals surface area contributed by atoms with Crippen molar-refractivity contribution in [2.45, 2.75) is 13.3 Å². The van der Waals surface area contributed by atoms with Gasteiger partial charge in [0.25, 0.3) is 5.91 Å². The topological polar surface area (TPSA) is 73.6 Å². The largest absolute Gasteiger partial charge is 0.459 e. The minimum atomic E-state index is -0.188. The van der Waals surface area contributed by atoms with Crippen molar-refractivity contribution < 1.29 is 18.7 Å². The van der Waals surface area contributed by atoms with Gasteiger partial charge in [-0.1, -0.05) is 6.07 Å². The van der Waals surface area contributed by atoms with E-state index in [0.717, 1.165) is 22.8 Å². The SMILES string of the molecule is Cc1ccc(-c2nc(C(=O)NCCc3ccc4c(c3)OCO4)cs2)o1. The predicted molar refractivity (Wildman–Crippen MR) is 93.2 cm³/mol. The van der Waals surface area contributed by atoms with Crippen LogP contribution in [0.2, 0.25) is 0 Å². The number of carbonyl (C=O) groups excluding carboxylic acids is 1. The Balaban J connectivity index is 1.34. The van der Waals surface area contributed by atoms with E-state index in [1.165, 1.54) is 11.3 Å². The smallest absolute Gasteiger partial charge is 0.270 e. The molecule has 3 aromatic rings. The van der Waals surface area contributed by atoms with Crippen LogP contribution in [-0.2, 0) is 6.42 Å². The number of amides is 1. The van der Waals surface area contributed by atoms with Crippen molar-refractivity contribution in [1.29, 1.82) is 0 Å². The van der Waals surface area contributed by atoms with Crippen molar-refractivity contribution in [2.24, 2.45) is 0 Å². The molecule has 0 spiro atoms. The fraction of sp³-hybridized carbons (Fsp3) is 0.222. The van der Waals surface area contributed by atoms with Crippen LogP contribution in [0.5, 0.6) is 11.5 Å². The Labute approximate surface area is 148 Å². The number of aromatic nitrogens is 1. The van der Waals surface area contributed by atoms with Gasteiger partial charge in [-0.15, -0.1) is 11.3 Å². The van der Waals surface area contributed by atoms with Gasteiger partial charge in [-0.2, -0.15) is 0 Å². The Morgan fingerprint density at radius 1 is 1.24 bits per heavy atom. The molecule has 0 saturated heterocycles. The number of nitrogens with one attached hydrogen (secondary N) is 1. The van der Waals surface area contributed by atoms with Gasteiger partial charge in [0.05, 0.1) is 0 Å². The Morgan fingerprint density at radius 2 is 2.12 bits per heavy atom. The van der Waals surface area contributed by atoms with E-state index in [9.17, 15) is 4.79 Å². The highest BCUT2D eigenvalue weighted by Crippen LogP contribution is 2.32. The van der Waals surface area contributed by atoms with E-state index in [0.29, 0.717) is 29.4 Å². The van der Waals surface area contributed by atoms with Crippen LogP contribution >= 0.6 is 11.3 Å². The second-order valence-electron chi connectivity index (χ2n) is 5.64. The number of furan rings is 1. The Bertz CT molecular complexity index is 915. The molecule has 1 N–H and O–H groups in total. The summed E-state index contributed by atoms with van der Waals surface area (Å²) < 4.78 is 16.2. The molecule has 0 saturated carbocycles. The minimum Gasteiger partial charge on any atom is -0.459 e. The third-order valence-corrected chi connectivity index (χ3v) is 4.68. The first-order chi connectivity index (χ1) is 12.2. The molecule has 1 aliphatic heterocycles. The number of fused-ring (bicyclic) bond motifs is 1. The molecular weight excluding hydrogens is 340 g/mol. The van der Waals surface area contributed by atoms with Gasteiger partial charge in [-0.3, -0.25) is 4.79 Å². The van der Waals surface area contributed by atoms with Gasteiger partial charge in [0.15, 0.2) is 22.3 Å². The third-order valence-electron chi connectivity index (χ3n) is 3.82. The summed E-state index contributed by atoms with van der Waals surface area (Å²) >= 11 is 1.39. The first kappa shape index (κ1) is 15.7. The number of ether oxygens (including phenoxy) is 2. The number of carbonyl (C=O) groups is 1. The summed E-state index contributed by atoms with van der Waals surface area (Å²) in [4.78, 5) is 16.6. The first-order valence-electron chi connectivity index (χ1n) is 7.88. The number of thiazole rings is 1. The van der Waals surface area contributed by atoms with Gasteiger partial charge in [-0.05, 0) is 43.2 Å². The normalized spacial score (nSPS) is 12.4. The van der Waals surface area contributed by atoms with E-state index < -0.39 is 0 Å². The second kappa shape index (κ2) is 6.60. The molecule has 128 valence electrons. The zero-order valence-electron chi connectivity index (χ0n) is 13.6. The lowest BCUT2D eigenvalue weighted by Gasteiger charge is -2.04. The lowest BCUT2D eigenvalue weighted by atomic mass is 10.1. The van der Waals surface area contributed by atoms with Crippen LogP contribution in [0.1, 0.15) is 21.8 Å². The third kappa shape index (κ3) is 3.36. The van der Waals surface area contributed by atoms with Gasteiger partial charge in [-0.25, -0.2) is 4.98 Å². The van der Waals surface area contributed by atoms with Crippen LogP contribution in [0.25, 0.3) is 10.8 Å². The van der Waals surface area contributed by atoms with Gasteiger partial charge in [0, 0.05) is 11.9 Å². The summed E-state index contributed by atoms with van der Waals surface area (Å²) in [7, 11) is 0. The van der Waals surface area contributed by atoms with Gasteiger partial charge >= 0.3 is 0 Å². The van der Waals surface area contributed by atoms with Gasteiger partial charge in [0.2, 0.25) is 6.79 Å². The van der Waals surface area contributed by atoms with Crippen molar-refractivity contribution in [3.8, 4) is 22.3 Å². The number of hydrogen-bond acceptors (Lipinski definition) is 6. The molecule has 6 nitrogen and oxygen atoms in total. The van der Waals surface area contributed by atoms with Gasteiger partial charge < -0.3 is 19.2 Å². The Hall–Kier alpha value is -2.80. The van der Waals surface area contributed by atoms with Crippen LogP contribution in [0.3, 0.4) is 0 Å². The predicted octanol–water partition coefficient (Wildman–Crippen LogP) is 3.41. The maximum Gasteiger partial charge on any atom is 0.270 e. The fourth-order valence-electron chi connectivity index (χ4n) is 2.55. The molecule has 2 aromatic heterocycles. The van der Waals surface area contributed by atoms with Gasteiger partial charge in [0.1, 0.15) is 11.5 Å². The van der Waals surface area contributed by atoms with Crippen molar-refractivity contribution >= 4 is 17.2 Å². The minimum absolute atomic E-state index is 0.188. The quantitative estimate of drug-likeness (QED) is 0.758. The second-order valence-corrected chi connectivity index (χ2v) is 6.50. The molecule has 0 atom stereocenters. The number of rotatable bonds is 5. The summed E-state index contributed by atoms with van der Waals surface area (Å²) in [6.07, 6.45) is 0.705. The zero-order valence-corrected chi connectivity index (χ0v) is 14.4. The summed E-state index contributed by atoms with van der Waals surface area (Å²) in [5.41, 5.74) is 1.48. The summed E-state index contributed by atoms with van der Waals surface area (Å²) in [5, 5.41) is 5.33. The molecule has 3 heterocycles. The molecule has 0 fully saturated rings. The summed E-state index contributed by atoms with van der Waals surface area (Å²) in [5.74, 6) is 2.83. The van der Waals surface area contributed by atoms with E-state index in [1.54, 1.807) is 5.38 Å². The molecule has 1 aliphatic rings. The van der Waals surface area contributed by atoms with E-state index in [4.69, 9.17) is 13.9 Å². The maximum absolute atomic E-state index is 12.2. The van der Waals surface area contributed by atoms with Crippen LogP contribution in [0.4, 0.5) is 0 Å². The van der Waals surface area contributed by atoms with Crippen LogP contribution in [0, 0.1) is 6.92 Å². The lowest BCUT2D eigenvalue weighted by Crippen LogP contribution is -2.25. The summed E-state index contributed by atoms with van der Waals surface area (Å²) in [6.45, 7) is 2.66. The molecule has 0 radical (unpaired) electrons. The average molecular weight is 356 g/mol. The van der Waals surface area contributed by atoms with Crippen LogP contribution < -0.4 is 14.8 Å². The molecule has 4 rings (SSSR count). The highest BCUT2D eigenvalue weighted by atomic mass is 32.1. The van der Waals surface area contributed by atoms with E-state index in [-0.39, 0.29) is 12.7 Å². The lowest BCUT2D eigenvalue weighted by molar-refractivity contribution is 0.0950. The molecular formula is C18H16N2O4S. The molecule has 1 aromatic carbocycles. The van der Waals surface area contributed by atoms with Crippen molar-refractivity contribution in [3.05, 3.63) is 52.7 Å². The number of hydrogen-bond donors (Lipinski definition) is 1. The van der Waals surface area contributed by atoms with Crippen molar-refractivity contribution in [3.63, 3.8) is 0 Å². The Morgan fingerprint density at radius 3 is 2.96 bits per heavy atom. The monoisotopic (exact) mass is 356 g/mol. The maximum atomic E-state index is 12.2. The molecule has 7 heteroatoms.